The Morgan fingerprint density at radius 1 is 1.42 bits per heavy atom. The third kappa shape index (κ3) is 3.30. The molecule has 1 aliphatic rings. The molecule has 19 heavy (non-hydrogen) atoms. The molecule has 102 valence electrons. The summed E-state index contributed by atoms with van der Waals surface area (Å²) in [7, 11) is 0. The molecule has 2 rings (SSSR count). The first-order valence-electron chi connectivity index (χ1n) is 6.50. The lowest BCUT2D eigenvalue weighted by Gasteiger charge is -2.27. The minimum Gasteiger partial charge on any atom is -0.490 e. The van der Waals surface area contributed by atoms with E-state index in [1.54, 1.807) is 6.07 Å². The van der Waals surface area contributed by atoms with Gasteiger partial charge in [0.05, 0.1) is 16.6 Å². The Morgan fingerprint density at radius 3 is 2.84 bits per heavy atom. The fourth-order valence-corrected chi connectivity index (χ4v) is 2.54. The number of nitro groups is 1. The van der Waals surface area contributed by atoms with Crippen molar-refractivity contribution in [2.75, 3.05) is 0 Å². The molecule has 5 heteroatoms. The molecule has 0 radical (unpaired) electrons. The van der Waals surface area contributed by atoms with E-state index in [9.17, 15) is 14.9 Å². The van der Waals surface area contributed by atoms with Crippen LogP contribution in [0, 0.1) is 16.0 Å². The zero-order valence-electron chi connectivity index (χ0n) is 10.9. The Hall–Kier alpha value is -1.91. The molecule has 1 fully saturated rings. The molecule has 0 spiro atoms. The zero-order valence-corrected chi connectivity index (χ0v) is 10.9. The molecule has 1 aliphatic carbocycles. The Labute approximate surface area is 111 Å². The van der Waals surface area contributed by atoms with Crippen molar-refractivity contribution in [1.29, 1.82) is 0 Å². The van der Waals surface area contributed by atoms with Crippen molar-refractivity contribution in [1.82, 2.24) is 0 Å². The number of nitrogens with zero attached hydrogens (tertiary/aromatic N) is 1. The van der Waals surface area contributed by atoms with E-state index < -0.39 is 4.92 Å². The van der Waals surface area contributed by atoms with Crippen LogP contribution in [0.4, 0.5) is 5.69 Å². The average molecular weight is 263 g/mol. The molecule has 5 nitrogen and oxygen atoms in total. The van der Waals surface area contributed by atoms with E-state index in [-0.39, 0.29) is 17.4 Å². The third-order valence-electron chi connectivity index (χ3n) is 3.51. The van der Waals surface area contributed by atoms with Crippen molar-refractivity contribution in [3.8, 4) is 5.75 Å². The molecule has 0 heterocycles. The van der Waals surface area contributed by atoms with Crippen LogP contribution in [0.5, 0.6) is 5.75 Å². The van der Waals surface area contributed by atoms with Gasteiger partial charge in [0.2, 0.25) is 0 Å². The topological polar surface area (TPSA) is 69.4 Å². The number of ether oxygens (including phenoxy) is 1. The maximum absolute atomic E-state index is 10.9. The molecule has 0 aromatic heterocycles. The summed E-state index contributed by atoms with van der Waals surface area (Å²) in [6, 6.07) is 4.33. The van der Waals surface area contributed by atoms with E-state index in [0.29, 0.717) is 18.0 Å². The number of aldehydes is 1. The fraction of sp³-hybridized carbons (Fsp3) is 0.500. The van der Waals surface area contributed by atoms with Crippen LogP contribution < -0.4 is 4.74 Å². The highest BCUT2D eigenvalue weighted by atomic mass is 16.6. The Morgan fingerprint density at radius 2 is 2.21 bits per heavy atom. The summed E-state index contributed by atoms with van der Waals surface area (Å²) in [4.78, 5) is 21.0. The van der Waals surface area contributed by atoms with Crippen LogP contribution in [-0.2, 0) is 0 Å². The summed E-state index contributed by atoms with van der Waals surface area (Å²) in [5, 5.41) is 10.7. The average Bonchev–Trinajstić information content (AvgIpc) is 2.38. The number of carbonyl (C=O) groups excluding carboxylic acids is 1. The first kappa shape index (κ1) is 13.5. The molecular formula is C14H17NO4. The van der Waals surface area contributed by atoms with Crippen LogP contribution in [0.3, 0.4) is 0 Å². The summed E-state index contributed by atoms with van der Waals surface area (Å²) >= 11 is 0. The van der Waals surface area contributed by atoms with Crippen molar-refractivity contribution < 1.29 is 14.5 Å². The minimum absolute atomic E-state index is 0.0614. The van der Waals surface area contributed by atoms with E-state index in [0.717, 1.165) is 19.3 Å². The second-order valence-corrected chi connectivity index (χ2v) is 5.11. The van der Waals surface area contributed by atoms with E-state index in [1.807, 2.05) is 0 Å². The van der Waals surface area contributed by atoms with Crippen LogP contribution in [0.1, 0.15) is 43.0 Å². The van der Waals surface area contributed by atoms with Crippen LogP contribution >= 0.6 is 0 Å². The van der Waals surface area contributed by atoms with Crippen molar-refractivity contribution in [3.63, 3.8) is 0 Å². The van der Waals surface area contributed by atoms with Gasteiger partial charge in [0.25, 0.3) is 5.69 Å². The summed E-state index contributed by atoms with van der Waals surface area (Å²) in [5.41, 5.74) is -0.120. The van der Waals surface area contributed by atoms with Crippen LogP contribution in [0.15, 0.2) is 18.2 Å². The third-order valence-corrected chi connectivity index (χ3v) is 3.51. The molecular weight excluding hydrogens is 246 g/mol. The summed E-state index contributed by atoms with van der Waals surface area (Å²) in [6.07, 6.45) is 4.99. The molecule has 0 aliphatic heterocycles. The number of hydrogen-bond donors (Lipinski definition) is 0. The smallest absolute Gasteiger partial charge is 0.280 e. The van der Waals surface area contributed by atoms with Crippen LogP contribution in [-0.4, -0.2) is 17.3 Å². The van der Waals surface area contributed by atoms with E-state index in [1.165, 1.54) is 18.6 Å². The quantitative estimate of drug-likeness (QED) is 0.474. The van der Waals surface area contributed by atoms with Gasteiger partial charge in [0, 0.05) is 6.07 Å². The lowest BCUT2D eigenvalue weighted by Crippen LogP contribution is -2.24. The molecule has 0 amide bonds. The van der Waals surface area contributed by atoms with Gasteiger partial charge in [-0.1, -0.05) is 13.3 Å². The highest BCUT2D eigenvalue weighted by molar-refractivity contribution is 5.82. The molecule has 0 N–H and O–H groups in total. The van der Waals surface area contributed by atoms with Gasteiger partial charge >= 0.3 is 0 Å². The number of carbonyl (C=O) groups is 1. The largest absolute Gasteiger partial charge is 0.490 e. The monoisotopic (exact) mass is 263 g/mol. The molecule has 2 unspecified atom stereocenters. The van der Waals surface area contributed by atoms with Crippen molar-refractivity contribution in [2.24, 2.45) is 5.92 Å². The van der Waals surface area contributed by atoms with Gasteiger partial charge < -0.3 is 4.74 Å². The van der Waals surface area contributed by atoms with E-state index >= 15 is 0 Å². The number of nitro benzene ring substituents is 1. The number of hydrogen-bond acceptors (Lipinski definition) is 4. The SMILES string of the molecule is CC1CCCC(Oc2ccc([N+](=O)[O-])c(C=O)c2)C1. The molecule has 0 saturated heterocycles. The van der Waals surface area contributed by atoms with Crippen LogP contribution in [0.2, 0.25) is 0 Å². The predicted octanol–water partition coefficient (Wildman–Crippen LogP) is 3.36. The Kier molecular flexibility index (Phi) is 4.14. The minimum atomic E-state index is -0.559. The second-order valence-electron chi connectivity index (χ2n) is 5.11. The first-order valence-corrected chi connectivity index (χ1v) is 6.50. The highest BCUT2D eigenvalue weighted by Crippen LogP contribution is 2.29. The van der Waals surface area contributed by atoms with Crippen molar-refractivity contribution >= 4 is 12.0 Å². The second kappa shape index (κ2) is 5.82. The summed E-state index contributed by atoms with van der Waals surface area (Å²) < 4.78 is 5.82. The van der Waals surface area contributed by atoms with Gasteiger partial charge in [-0.05, 0) is 37.3 Å². The number of benzene rings is 1. The maximum Gasteiger partial charge on any atom is 0.280 e. The molecule has 2 atom stereocenters. The van der Waals surface area contributed by atoms with E-state index in [4.69, 9.17) is 4.74 Å². The van der Waals surface area contributed by atoms with Crippen molar-refractivity contribution in [2.45, 2.75) is 38.7 Å². The standard InChI is InChI=1S/C14H17NO4/c1-10-3-2-4-12(7-10)19-13-5-6-14(15(17)18)11(8-13)9-16/h5-6,8-10,12H,2-4,7H2,1H3. The van der Waals surface area contributed by atoms with Crippen LogP contribution in [0.25, 0.3) is 0 Å². The van der Waals surface area contributed by atoms with Crippen molar-refractivity contribution in [3.05, 3.63) is 33.9 Å². The Bertz CT molecular complexity index is 486. The van der Waals surface area contributed by atoms with Gasteiger partial charge in [-0.2, -0.15) is 0 Å². The summed E-state index contributed by atoms with van der Waals surface area (Å²) in [6.45, 7) is 2.20. The Balaban J connectivity index is 2.12. The van der Waals surface area contributed by atoms with Gasteiger partial charge in [-0.3, -0.25) is 14.9 Å². The molecule has 1 aromatic rings. The zero-order chi connectivity index (χ0) is 13.8. The highest BCUT2D eigenvalue weighted by Gasteiger charge is 2.21. The van der Waals surface area contributed by atoms with E-state index in [2.05, 4.69) is 6.92 Å². The lowest BCUT2D eigenvalue weighted by atomic mass is 9.89. The maximum atomic E-state index is 10.9. The van der Waals surface area contributed by atoms with Gasteiger partial charge in [-0.15, -0.1) is 0 Å². The number of rotatable bonds is 4. The van der Waals surface area contributed by atoms with Gasteiger partial charge in [-0.25, -0.2) is 0 Å². The normalized spacial score (nSPS) is 22.8. The molecule has 1 saturated carbocycles. The fourth-order valence-electron chi connectivity index (χ4n) is 2.54. The molecule has 0 bridgehead atoms. The lowest BCUT2D eigenvalue weighted by molar-refractivity contribution is -0.385. The van der Waals surface area contributed by atoms with Gasteiger partial charge in [0.1, 0.15) is 5.75 Å². The molecule has 1 aromatic carbocycles. The van der Waals surface area contributed by atoms with Gasteiger partial charge in [0.15, 0.2) is 6.29 Å². The summed E-state index contributed by atoms with van der Waals surface area (Å²) in [5.74, 6) is 1.18. The predicted molar refractivity (Wildman–Crippen MR) is 70.5 cm³/mol. The first-order chi connectivity index (χ1) is 9.10.